The topological polar surface area (TPSA) is 55.8 Å². The molecule has 1 atom stereocenters. The van der Waals surface area contributed by atoms with Gasteiger partial charge in [-0.05, 0) is 25.3 Å². The molecule has 1 aromatic rings. The fraction of sp³-hybridized carbons (Fsp3) is 0.684. The van der Waals surface area contributed by atoms with Gasteiger partial charge in [-0.25, -0.2) is 4.98 Å². The van der Waals surface area contributed by atoms with Crippen LogP contribution in [-0.2, 0) is 6.54 Å². The average molecular weight is 345 g/mol. The van der Waals surface area contributed by atoms with Crippen LogP contribution in [-0.4, -0.2) is 62.2 Å². The summed E-state index contributed by atoms with van der Waals surface area (Å²) < 4.78 is 0. The third-order valence-corrected chi connectivity index (χ3v) is 5.36. The summed E-state index contributed by atoms with van der Waals surface area (Å²) in [5, 5.41) is 7.05. The van der Waals surface area contributed by atoms with Gasteiger partial charge in [0.1, 0.15) is 5.82 Å². The number of rotatable bonds is 5. The molecule has 0 bridgehead atoms. The van der Waals surface area contributed by atoms with Gasteiger partial charge in [0.2, 0.25) is 0 Å². The van der Waals surface area contributed by atoms with Crippen LogP contribution < -0.4 is 15.5 Å². The number of likely N-dealkylation sites (tertiary alicyclic amines) is 1. The minimum atomic E-state index is 0.494. The minimum absolute atomic E-state index is 0.494. The lowest BCUT2D eigenvalue weighted by Crippen LogP contribution is -2.45. The predicted octanol–water partition coefficient (Wildman–Crippen LogP) is 1.83. The van der Waals surface area contributed by atoms with Gasteiger partial charge >= 0.3 is 0 Å². The Balaban J connectivity index is 1.50. The smallest absolute Gasteiger partial charge is 0.191 e. The Labute approximate surface area is 151 Å². The zero-order valence-electron chi connectivity index (χ0n) is 15.8. The van der Waals surface area contributed by atoms with E-state index in [0.717, 1.165) is 30.9 Å². The molecule has 2 N–H and O–H groups in total. The van der Waals surface area contributed by atoms with Gasteiger partial charge in [-0.15, -0.1) is 0 Å². The molecule has 1 unspecified atom stereocenters. The normalized spacial score (nSPS) is 22.4. The molecule has 6 heteroatoms. The Hall–Kier alpha value is -1.82. The summed E-state index contributed by atoms with van der Waals surface area (Å²) in [6, 6.07) is 5.41. The van der Waals surface area contributed by atoms with E-state index in [9.17, 15) is 0 Å². The second kappa shape index (κ2) is 8.52. The number of aromatic nitrogens is 1. The summed E-state index contributed by atoms with van der Waals surface area (Å²) in [6.45, 7) is 3.08. The lowest BCUT2D eigenvalue weighted by molar-refractivity contribution is 0.242. The van der Waals surface area contributed by atoms with Crippen LogP contribution in [0, 0.1) is 0 Å². The molecule has 0 aromatic carbocycles. The summed E-state index contributed by atoms with van der Waals surface area (Å²) in [7, 11) is 5.89. The van der Waals surface area contributed by atoms with Crippen LogP contribution in [0.5, 0.6) is 0 Å². The van der Waals surface area contributed by atoms with E-state index in [1.165, 1.54) is 44.2 Å². The fourth-order valence-electron chi connectivity index (χ4n) is 4.04. The molecule has 1 saturated heterocycles. The zero-order valence-corrected chi connectivity index (χ0v) is 15.8. The fourth-order valence-corrected chi connectivity index (χ4v) is 4.04. The van der Waals surface area contributed by atoms with E-state index in [1.54, 1.807) is 0 Å². The van der Waals surface area contributed by atoms with Crippen molar-refractivity contribution in [2.24, 2.45) is 4.99 Å². The number of hydrogen-bond donors (Lipinski definition) is 2. The molecule has 0 spiro atoms. The molecule has 2 aliphatic rings. The standard InChI is InChI=1S/C19H32N6/c1-20-19(22-13-15-7-6-11-21-18(15)24(2)3)23-16-10-12-25(14-16)17-8-4-5-9-17/h6-7,11,16-17H,4-5,8-10,12-14H2,1-3H3,(H2,20,22,23). The Bertz CT molecular complexity index is 579. The number of nitrogens with one attached hydrogen (secondary N) is 2. The maximum Gasteiger partial charge on any atom is 0.191 e. The van der Waals surface area contributed by atoms with Crippen LogP contribution in [0.3, 0.4) is 0 Å². The van der Waals surface area contributed by atoms with Gasteiger partial charge in [0.05, 0.1) is 0 Å². The minimum Gasteiger partial charge on any atom is -0.362 e. The highest BCUT2D eigenvalue weighted by Crippen LogP contribution is 2.26. The third kappa shape index (κ3) is 4.63. The number of pyridine rings is 1. The Morgan fingerprint density at radius 3 is 2.84 bits per heavy atom. The molecule has 1 aliphatic heterocycles. The van der Waals surface area contributed by atoms with Crippen molar-refractivity contribution in [2.75, 3.05) is 39.1 Å². The molecule has 2 heterocycles. The van der Waals surface area contributed by atoms with Gasteiger partial charge in [0.15, 0.2) is 5.96 Å². The van der Waals surface area contributed by atoms with Crippen molar-refractivity contribution in [3.63, 3.8) is 0 Å². The molecular weight excluding hydrogens is 312 g/mol. The van der Waals surface area contributed by atoms with Crippen LogP contribution in [0.1, 0.15) is 37.7 Å². The lowest BCUT2D eigenvalue weighted by Gasteiger charge is -2.24. The van der Waals surface area contributed by atoms with Gasteiger partial charge in [-0.3, -0.25) is 9.89 Å². The Morgan fingerprint density at radius 2 is 2.12 bits per heavy atom. The van der Waals surface area contributed by atoms with Crippen LogP contribution in [0.25, 0.3) is 0 Å². The van der Waals surface area contributed by atoms with E-state index < -0.39 is 0 Å². The second-order valence-electron chi connectivity index (χ2n) is 7.37. The summed E-state index contributed by atoms with van der Waals surface area (Å²) in [5.41, 5.74) is 1.18. The van der Waals surface area contributed by atoms with E-state index in [1.807, 2.05) is 38.3 Å². The molecule has 25 heavy (non-hydrogen) atoms. The number of anilines is 1. The quantitative estimate of drug-likeness (QED) is 0.630. The van der Waals surface area contributed by atoms with E-state index in [4.69, 9.17) is 0 Å². The van der Waals surface area contributed by atoms with Crippen molar-refractivity contribution in [1.29, 1.82) is 0 Å². The maximum absolute atomic E-state index is 4.46. The molecule has 0 amide bonds. The molecule has 1 aliphatic carbocycles. The number of aliphatic imine (C=N–C) groups is 1. The van der Waals surface area contributed by atoms with Crippen molar-refractivity contribution >= 4 is 11.8 Å². The molecular formula is C19H32N6. The van der Waals surface area contributed by atoms with Crippen LogP contribution in [0.15, 0.2) is 23.3 Å². The number of guanidine groups is 1. The molecule has 0 radical (unpaired) electrons. The summed E-state index contributed by atoms with van der Waals surface area (Å²) >= 11 is 0. The lowest BCUT2D eigenvalue weighted by atomic mass is 10.2. The predicted molar refractivity (Wildman–Crippen MR) is 104 cm³/mol. The second-order valence-corrected chi connectivity index (χ2v) is 7.37. The highest BCUT2D eigenvalue weighted by Gasteiger charge is 2.30. The third-order valence-electron chi connectivity index (χ3n) is 5.36. The van der Waals surface area contributed by atoms with Crippen molar-refractivity contribution in [1.82, 2.24) is 20.5 Å². The highest BCUT2D eigenvalue weighted by molar-refractivity contribution is 5.80. The Kier molecular flexibility index (Phi) is 6.13. The van der Waals surface area contributed by atoms with Crippen LogP contribution in [0.2, 0.25) is 0 Å². The first-order valence-electron chi connectivity index (χ1n) is 9.50. The number of hydrogen-bond acceptors (Lipinski definition) is 4. The number of nitrogens with zero attached hydrogens (tertiary/aromatic N) is 4. The molecule has 3 rings (SSSR count). The van der Waals surface area contributed by atoms with Gasteiger partial charge < -0.3 is 15.5 Å². The van der Waals surface area contributed by atoms with Crippen LogP contribution in [0.4, 0.5) is 5.82 Å². The van der Waals surface area contributed by atoms with E-state index in [2.05, 4.69) is 31.6 Å². The molecule has 1 aromatic heterocycles. The largest absolute Gasteiger partial charge is 0.362 e. The summed E-state index contributed by atoms with van der Waals surface area (Å²) in [4.78, 5) is 13.6. The van der Waals surface area contributed by atoms with Gasteiger partial charge in [0.25, 0.3) is 0 Å². The highest BCUT2D eigenvalue weighted by atomic mass is 15.3. The Morgan fingerprint density at radius 1 is 1.32 bits per heavy atom. The first kappa shape index (κ1) is 18.0. The summed E-state index contributed by atoms with van der Waals surface area (Å²) in [5.74, 6) is 1.88. The van der Waals surface area contributed by atoms with Crippen molar-refractivity contribution < 1.29 is 0 Å². The van der Waals surface area contributed by atoms with Gasteiger partial charge in [-0.1, -0.05) is 18.9 Å². The molecule has 6 nitrogen and oxygen atoms in total. The summed E-state index contributed by atoms with van der Waals surface area (Å²) in [6.07, 6.45) is 8.61. The van der Waals surface area contributed by atoms with Crippen molar-refractivity contribution in [3.8, 4) is 0 Å². The van der Waals surface area contributed by atoms with E-state index >= 15 is 0 Å². The molecule has 1 saturated carbocycles. The van der Waals surface area contributed by atoms with Gasteiger partial charge in [-0.2, -0.15) is 0 Å². The monoisotopic (exact) mass is 344 g/mol. The average Bonchev–Trinajstić information content (AvgIpc) is 3.30. The maximum atomic E-state index is 4.46. The molecule has 138 valence electrons. The SMILES string of the molecule is CN=C(NCc1cccnc1N(C)C)NC1CCN(C2CCCC2)C1. The van der Waals surface area contributed by atoms with Crippen LogP contribution >= 0.6 is 0 Å². The van der Waals surface area contributed by atoms with Crippen molar-refractivity contribution in [2.45, 2.75) is 50.7 Å². The molecule has 2 fully saturated rings. The first-order valence-corrected chi connectivity index (χ1v) is 9.50. The van der Waals surface area contributed by atoms with E-state index in [0.29, 0.717) is 6.04 Å². The first-order chi connectivity index (χ1) is 12.2. The zero-order chi connectivity index (χ0) is 17.6. The van der Waals surface area contributed by atoms with E-state index in [-0.39, 0.29) is 0 Å². The van der Waals surface area contributed by atoms with Crippen molar-refractivity contribution in [3.05, 3.63) is 23.9 Å². The van der Waals surface area contributed by atoms with Gasteiger partial charge in [0, 0.05) is 64.6 Å².